The normalized spacial score (nSPS) is 26.2. The van der Waals surface area contributed by atoms with Crippen molar-refractivity contribution in [1.29, 1.82) is 0 Å². The molecule has 0 aromatic rings. The van der Waals surface area contributed by atoms with Crippen molar-refractivity contribution >= 4 is 31.6 Å². The maximum atomic E-state index is 2.70. The predicted molar refractivity (Wildman–Crippen MR) is 87.2 cm³/mol. The quantitative estimate of drug-likeness (QED) is 0.386. The van der Waals surface area contributed by atoms with E-state index < -0.39 is 19.8 Å². The van der Waals surface area contributed by atoms with E-state index in [4.69, 9.17) is 0 Å². The molecular formula is C13H28INS. The minimum atomic E-state index is -0.458. The Morgan fingerprint density at radius 2 is 2.00 bits per heavy atom. The molecule has 1 nitrogen and oxygen atoms in total. The van der Waals surface area contributed by atoms with Crippen LogP contribution in [0.3, 0.4) is 0 Å². The van der Waals surface area contributed by atoms with Gasteiger partial charge in [0, 0.05) is 0 Å². The van der Waals surface area contributed by atoms with Crippen molar-refractivity contribution in [3.8, 4) is 0 Å². The van der Waals surface area contributed by atoms with Gasteiger partial charge in [0.2, 0.25) is 0 Å². The number of halogens is 1. The van der Waals surface area contributed by atoms with Crippen LogP contribution in [0.15, 0.2) is 0 Å². The molecule has 1 saturated heterocycles. The molecule has 0 radical (unpaired) electrons. The first-order valence-electron chi connectivity index (χ1n) is 6.32. The molecule has 3 unspecified atom stereocenters. The predicted octanol–water partition coefficient (Wildman–Crippen LogP) is 3.95. The Kier molecular flexibility index (Phi) is 6.45. The molecule has 1 fully saturated rings. The zero-order valence-corrected chi connectivity index (χ0v) is 14.6. The van der Waals surface area contributed by atoms with Gasteiger partial charge in [-0.15, -0.1) is 0 Å². The molecule has 1 rings (SSSR count). The second-order valence-corrected chi connectivity index (χ2v) is 12.3. The van der Waals surface area contributed by atoms with E-state index >= 15 is 0 Å². The molecule has 0 amide bonds. The van der Waals surface area contributed by atoms with Gasteiger partial charge in [-0.2, -0.15) is 0 Å². The SMILES string of the molecule is CCCC(SC)N(C)C(C(C)C)C1CI1C. The van der Waals surface area contributed by atoms with Crippen molar-refractivity contribution < 1.29 is 0 Å². The van der Waals surface area contributed by atoms with E-state index in [1.165, 1.54) is 12.8 Å². The fourth-order valence-electron chi connectivity index (χ4n) is 2.58. The van der Waals surface area contributed by atoms with Gasteiger partial charge in [0.25, 0.3) is 0 Å². The molecule has 0 aromatic carbocycles. The summed E-state index contributed by atoms with van der Waals surface area (Å²) in [6.07, 6.45) is 4.91. The molecule has 1 aliphatic rings. The van der Waals surface area contributed by atoms with Crippen LogP contribution >= 0.6 is 31.6 Å². The van der Waals surface area contributed by atoms with Gasteiger partial charge in [-0.1, -0.05) is 0 Å². The van der Waals surface area contributed by atoms with Crippen LogP contribution in [0.5, 0.6) is 0 Å². The van der Waals surface area contributed by atoms with E-state index in [0.717, 1.165) is 21.3 Å². The molecule has 3 atom stereocenters. The van der Waals surface area contributed by atoms with Crippen LogP contribution in [0.1, 0.15) is 33.6 Å². The van der Waals surface area contributed by atoms with Crippen molar-refractivity contribution in [1.82, 2.24) is 4.90 Å². The Morgan fingerprint density at radius 1 is 1.44 bits per heavy atom. The molecule has 3 heteroatoms. The zero-order chi connectivity index (χ0) is 12.3. The first-order chi connectivity index (χ1) is 7.52. The third kappa shape index (κ3) is 3.77. The van der Waals surface area contributed by atoms with Gasteiger partial charge < -0.3 is 0 Å². The average molecular weight is 357 g/mol. The van der Waals surface area contributed by atoms with Crippen LogP contribution in [-0.2, 0) is 0 Å². The Balaban J connectivity index is 2.62. The molecule has 98 valence electrons. The van der Waals surface area contributed by atoms with Gasteiger partial charge in [0.15, 0.2) is 0 Å². The Hall–Kier alpha value is 1.04. The van der Waals surface area contributed by atoms with Gasteiger partial charge in [-0.25, -0.2) is 0 Å². The zero-order valence-electron chi connectivity index (χ0n) is 11.7. The maximum absolute atomic E-state index is 2.70. The topological polar surface area (TPSA) is 3.24 Å². The van der Waals surface area contributed by atoms with E-state index in [2.05, 4.69) is 43.9 Å². The molecule has 0 N–H and O–H groups in total. The molecule has 0 bridgehead atoms. The molecule has 1 heterocycles. The monoisotopic (exact) mass is 357 g/mol. The standard InChI is InChI=1S/C13H28INS/c1-7-8-12(16-6)15(5)13(10(2)3)11-9-14(11)4/h10-13H,7-9H2,1-6H3. The number of rotatable bonds is 7. The number of hydrogen-bond donors (Lipinski definition) is 0. The van der Waals surface area contributed by atoms with Crippen LogP contribution in [0.25, 0.3) is 0 Å². The summed E-state index contributed by atoms with van der Waals surface area (Å²) in [5.74, 6) is 0.823. The molecule has 0 aromatic heterocycles. The number of thioether (sulfide) groups is 1. The van der Waals surface area contributed by atoms with Crippen LogP contribution in [0, 0.1) is 5.92 Å². The summed E-state index contributed by atoms with van der Waals surface area (Å²) >= 11 is 1.58. The van der Waals surface area contributed by atoms with Crippen molar-refractivity contribution in [3.05, 3.63) is 0 Å². The Morgan fingerprint density at radius 3 is 2.31 bits per heavy atom. The van der Waals surface area contributed by atoms with Crippen LogP contribution in [-0.4, -0.2) is 42.9 Å². The van der Waals surface area contributed by atoms with Crippen molar-refractivity contribution in [2.45, 2.75) is 49.0 Å². The summed E-state index contributed by atoms with van der Waals surface area (Å²) in [5, 5.41) is 0.738. The van der Waals surface area contributed by atoms with Gasteiger partial charge >= 0.3 is 114 Å². The molecule has 1 aliphatic heterocycles. The third-order valence-corrected chi connectivity index (χ3v) is 9.78. The fraction of sp³-hybridized carbons (Fsp3) is 1.00. The summed E-state index contributed by atoms with van der Waals surface area (Å²) in [5.41, 5.74) is 0. The fourth-order valence-corrected chi connectivity index (χ4v) is 10.0. The van der Waals surface area contributed by atoms with E-state index in [-0.39, 0.29) is 0 Å². The molecular weight excluding hydrogens is 329 g/mol. The van der Waals surface area contributed by atoms with Gasteiger partial charge in [0.05, 0.1) is 0 Å². The molecule has 16 heavy (non-hydrogen) atoms. The van der Waals surface area contributed by atoms with E-state index in [9.17, 15) is 0 Å². The van der Waals surface area contributed by atoms with Crippen LogP contribution in [0.2, 0.25) is 0 Å². The average Bonchev–Trinajstić information content (AvgIpc) is 2.91. The molecule has 0 spiro atoms. The second-order valence-electron chi connectivity index (χ2n) is 5.19. The molecule has 0 aliphatic carbocycles. The van der Waals surface area contributed by atoms with E-state index in [1.54, 1.807) is 4.43 Å². The summed E-state index contributed by atoms with van der Waals surface area (Å²) in [6, 6.07) is 0.860. The Labute approximate surface area is 114 Å². The summed E-state index contributed by atoms with van der Waals surface area (Å²) in [7, 11) is 2.36. The first-order valence-corrected chi connectivity index (χ1v) is 12.5. The summed E-state index contributed by atoms with van der Waals surface area (Å²) in [6.45, 7) is 7.12. The number of nitrogens with zero attached hydrogens (tertiary/aromatic N) is 1. The minimum absolute atomic E-state index is 0.458. The first kappa shape index (κ1) is 15.1. The number of alkyl halides is 3. The Bertz CT molecular complexity index is 210. The van der Waals surface area contributed by atoms with Gasteiger partial charge in [-0.05, 0) is 0 Å². The second kappa shape index (κ2) is 6.83. The van der Waals surface area contributed by atoms with Gasteiger partial charge in [-0.3, -0.25) is 0 Å². The summed E-state index contributed by atoms with van der Waals surface area (Å²) < 4.78 is 2.71. The van der Waals surface area contributed by atoms with Crippen LogP contribution < -0.4 is 0 Å². The summed E-state index contributed by atoms with van der Waals surface area (Å²) in [4.78, 5) is 5.26. The number of hydrogen-bond acceptors (Lipinski definition) is 2. The van der Waals surface area contributed by atoms with Gasteiger partial charge in [0.1, 0.15) is 0 Å². The van der Waals surface area contributed by atoms with E-state index in [0.29, 0.717) is 0 Å². The van der Waals surface area contributed by atoms with Crippen molar-refractivity contribution in [2.75, 3.05) is 22.7 Å². The van der Waals surface area contributed by atoms with Crippen molar-refractivity contribution in [2.24, 2.45) is 5.92 Å². The molecule has 0 saturated carbocycles. The third-order valence-electron chi connectivity index (χ3n) is 3.55. The van der Waals surface area contributed by atoms with Crippen molar-refractivity contribution in [3.63, 3.8) is 0 Å². The van der Waals surface area contributed by atoms with Crippen LogP contribution in [0.4, 0.5) is 0 Å². The van der Waals surface area contributed by atoms with E-state index in [1.807, 2.05) is 11.8 Å².